The standard InChI is InChI=1S/C15H24N2O3/c1-11-6-5-7-13(8-11)16-15(19)12(2)17(3)9-14(18)10-20-4/h5-8,12,14,18H,9-10H2,1-4H3,(H,16,19). The van der Waals surface area contributed by atoms with E-state index in [2.05, 4.69) is 5.32 Å². The highest BCUT2D eigenvalue weighted by Crippen LogP contribution is 2.11. The van der Waals surface area contributed by atoms with Gasteiger partial charge < -0.3 is 15.2 Å². The number of hydrogen-bond donors (Lipinski definition) is 2. The van der Waals surface area contributed by atoms with E-state index in [9.17, 15) is 9.90 Å². The van der Waals surface area contributed by atoms with Crippen LogP contribution < -0.4 is 5.32 Å². The van der Waals surface area contributed by atoms with Crippen LogP contribution in [0, 0.1) is 6.92 Å². The number of nitrogens with zero attached hydrogens (tertiary/aromatic N) is 1. The summed E-state index contributed by atoms with van der Waals surface area (Å²) in [6, 6.07) is 7.33. The van der Waals surface area contributed by atoms with Gasteiger partial charge in [0.1, 0.15) is 0 Å². The number of aliphatic hydroxyl groups is 1. The van der Waals surface area contributed by atoms with Crippen LogP contribution in [0.3, 0.4) is 0 Å². The lowest BCUT2D eigenvalue weighted by Crippen LogP contribution is -2.44. The summed E-state index contributed by atoms with van der Waals surface area (Å²) in [7, 11) is 3.34. The molecule has 1 aromatic rings. The summed E-state index contributed by atoms with van der Waals surface area (Å²) in [5, 5.41) is 12.6. The zero-order chi connectivity index (χ0) is 15.1. The molecule has 0 saturated heterocycles. The number of amides is 1. The van der Waals surface area contributed by atoms with Crippen molar-refractivity contribution in [1.82, 2.24) is 4.90 Å². The first kappa shape index (κ1) is 16.6. The smallest absolute Gasteiger partial charge is 0.241 e. The number of rotatable bonds is 7. The second-order valence-corrected chi connectivity index (χ2v) is 5.08. The first-order valence-corrected chi connectivity index (χ1v) is 6.68. The van der Waals surface area contributed by atoms with Crippen molar-refractivity contribution in [2.45, 2.75) is 26.0 Å². The highest BCUT2D eigenvalue weighted by molar-refractivity contribution is 5.94. The average molecular weight is 280 g/mol. The maximum absolute atomic E-state index is 12.1. The molecule has 0 saturated carbocycles. The molecule has 2 unspecified atom stereocenters. The molecule has 2 N–H and O–H groups in total. The van der Waals surface area contributed by atoms with Gasteiger partial charge in [0.25, 0.3) is 0 Å². The maximum Gasteiger partial charge on any atom is 0.241 e. The maximum atomic E-state index is 12.1. The molecule has 5 heteroatoms. The SMILES string of the molecule is COCC(O)CN(C)C(C)C(=O)Nc1cccc(C)c1. The van der Waals surface area contributed by atoms with Gasteiger partial charge in [0, 0.05) is 19.3 Å². The molecule has 112 valence electrons. The quantitative estimate of drug-likeness (QED) is 0.789. The summed E-state index contributed by atoms with van der Waals surface area (Å²) in [5.41, 5.74) is 1.88. The number of hydrogen-bond acceptors (Lipinski definition) is 4. The highest BCUT2D eigenvalue weighted by atomic mass is 16.5. The number of likely N-dealkylation sites (N-methyl/N-ethyl adjacent to an activating group) is 1. The summed E-state index contributed by atoms with van der Waals surface area (Å²) in [4.78, 5) is 13.9. The Morgan fingerprint density at radius 1 is 1.50 bits per heavy atom. The highest BCUT2D eigenvalue weighted by Gasteiger charge is 2.20. The number of nitrogens with one attached hydrogen (secondary N) is 1. The van der Waals surface area contributed by atoms with Gasteiger partial charge in [-0.05, 0) is 38.6 Å². The molecule has 0 bridgehead atoms. The van der Waals surface area contributed by atoms with Crippen molar-refractivity contribution in [2.75, 3.05) is 32.6 Å². The molecule has 0 aromatic heterocycles. The lowest BCUT2D eigenvalue weighted by molar-refractivity contribution is -0.120. The van der Waals surface area contributed by atoms with Crippen molar-refractivity contribution in [1.29, 1.82) is 0 Å². The first-order chi connectivity index (χ1) is 9.43. The van der Waals surface area contributed by atoms with E-state index in [4.69, 9.17) is 4.74 Å². The molecule has 5 nitrogen and oxygen atoms in total. The third kappa shape index (κ3) is 5.28. The summed E-state index contributed by atoms with van der Waals surface area (Å²) >= 11 is 0. The molecule has 1 rings (SSSR count). The molecule has 0 heterocycles. The van der Waals surface area contributed by atoms with Crippen molar-refractivity contribution >= 4 is 11.6 Å². The van der Waals surface area contributed by atoms with E-state index in [1.54, 1.807) is 11.9 Å². The van der Waals surface area contributed by atoms with Gasteiger partial charge in [0.05, 0.1) is 18.8 Å². The molecule has 0 radical (unpaired) electrons. The molecule has 0 aliphatic rings. The molecule has 0 aliphatic heterocycles. The van der Waals surface area contributed by atoms with Crippen LogP contribution in [-0.2, 0) is 9.53 Å². The zero-order valence-corrected chi connectivity index (χ0v) is 12.6. The fourth-order valence-electron chi connectivity index (χ4n) is 1.91. The molecule has 0 aliphatic carbocycles. The molecular formula is C15H24N2O3. The van der Waals surface area contributed by atoms with Gasteiger partial charge in [-0.3, -0.25) is 9.69 Å². The summed E-state index contributed by atoms with van der Waals surface area (Å²) < 4.78 is 4.88. The average Bonchev–Trinajstić information content (AvgIpc) is 2.37. The molecular weight excluding hydrogens is 256 g/mol. The predicted molar refractivity (Wildman–Crippen MR) is 79.8 cm³/mol. The van der Waals surface area contributed by atoms with Crippen LogP contribution in [0.4, 0.5) is 5.69 Å². The van der Waals surface area contributed by atoms with E-state index in [1.807, 2.05) is 38.1 Å². The minimum atomic E-state index is -0.598. The third-order valence-corrected chi connectivity index (χ3v) is 3.18. The van der Waals surface area contributed by atoms with E-state index >= 15 is 0 Å². The van der Waals surface area contributed by atoms with Crippen molar-refractivity contribution in [3.05, 3.63) is 29.8 Å². The molecule has 0 spiro atoms. The minimum Gasteiger partial charge on any atom is -0.389 e. The third-order valence-electron chi connectivity index (χ3n) is 3.18. The number of aryl methyl sites for hydroxylation is 1. The van der Waals surface area contributed by atoms with Crippen LogP contribution in [0.5, 0.6) is 0 Å². The van der Waals surface area contributed by atoms with Gasteiger partial charge in [-0.2, -0.15) is 0 Å². The second kappa shape index (κ2) is 7.99. The first-order valence-electron chi connectivity index (χ1n) is 6.68. The van der Waals surface area contributed by atoms with Crippen LogP contribution in [0.2, 0.25) is 0 Å². The number of benzene rings is 1. The Balaban J connectivity index is 2.53. The van der Waals surface area contributed by atoms with Gasteiger partial charge in [0.15, 0.2) is 0 Å². The monoisotopic (exact) mass is 280 g/mol. The van der Waals surface area contributed by atoms with Crippen molar-refractivity contribution in [2.24, 2.45) is 0 Å². The van der Waals surface area contributed by atoms with E-state index in [0.717, 1.165) is 11.3 Å². The van der Waals surface area contributed by atoms with Gasteiger partial charge in [0.2, 0.25) is 5.91 Å². The topological polar surface area (TPSA) is 61.8 Å². The van der Waals surface area contributed by atoms with Gasteiger partial charge >= 0.3 is 0 Å². The van der Waals surface area contributed by atoms with Crippen LogP contribution in [-0.4, -0.2) is 55.4 Å². The van der Waals surface area contributed by atoms with E-state index in [1.165, 1.54) is 7.11 Å². The summed E-state index contributed by atoms with van der Waals surface area (Å²) in [6.07, 6.45) is -0.598. The van der Waals surface area contributed by atoms with E-state index in [-0.39, 0.29) is 18.6 Å². The largest absolute Gasteiger partial charge is 0.389 e. The van der Waals surface area contributed by atoms with Crippen LogP contribution in [0.15, 0.2) is 24.3 Å². The van der Waals surface area contributed by atoms with Crippen LogP contribution >= 0.6 is 0 Å². The fourth-order valence-corrected chi connectivity index (χ4v) is 1.91. The molecule has 2 atom stereocenters. The number of carbonyl (C=O) groups is 1. The minimum absolute atomic E-state index is 0.0947. The fraction of sp³-hybridized carbons (Fsp3) is 0.533. The number of methoxy groups -OCH3 is 1. The van der Waals surface area contributed by atoms with E-state index < -0.39 is 6.10 Å². The lowest BCUT2D eigenvalue weighted by atomic mass is 10.2. The van der Waals surface area contributed by atoms with Crippen LogP contribution in [0.1, 0.15) is 12.5 Å². The number of aliphatic hydroxyl groups excluding tert-OH is 1. The van der Waals surface area contributed by atoms with E-state index in [0.29, 0.717) is 6.54 Å². The molecule has 1 aromatic carbocycles. The predicted octanol–water partition coefficient (Wildman–Crippen LogP) is 1.26. The summed E-state index contributed by atoms with van der Waals surface area (Å²) in [6.45, 7) is 4.43. The molecule has 20 heavy (non-hydrogen) atoms. The van der Waals surface area contributed by atoms with Gasteiger partial charge in [-0.1, -0.05) is 12.1 Å². The number of anilines is 1. The Bertz CT molecular complexity index is 437. The van der Waals surface area contributed by atoms with Crippen molar-refractivity contribution < 1.29 is 14.6 Å². The Hall–Kier alpha value is -1.43. The normalized spacial score (nSPS) is 14.1. The Morgan fingerprint density at radius 3 is 2.80 bits per heavy atom. The van der Waals surface area contributed by atoms with Gasteiger partial charge in [-0.15, -0.1) is 0 Å². The van der Waals surface area contributed by atoms with Crippen LogP contribution in [0.25, 0.3) is 0 Å². The molecule has 0 fully saturated rings. The Morgan fingerprint density at radius 2 is 2.20 bits per heavy atom. The Labute approximate surface area is 120 Å². The second-order valence-electron chi connectivity index (χ2n) is 5.08. The van der Waals surface area contributed by atoms with Gasteiger partial charge in [-0.25, -0.2) is 0 Å². The lowest BCUT2D eigenvalue weighted by Gasteiger charge is -2.26. The summed E-state index contributed by atoms with van der Waals surface area (Å²) in [5.74, 6) is -0.0947. The van der Waals surface area contributed by atoms with Crippen molar-refractivity contribution in [3.8, 4) is 0 Å². The zero-order valence-electron chi connectivity index (χ0n) is 12.6. The number of ether oxygens (including phenoxy) is 1. The van der Waals surface area contributed by atoms with Crippen molar-refractivity contribution in [3.63, 3.8) is 0 Å². The number of carbonyl (C=O) groups excluding carboxylic acids is 1. The Kier molecular flexibility index (Phi) is 6.64. The molecule has 1 amide bonds.